The van der Waals surface area contributed by atoms with Gasteiger partial charge < -0.3 is 29.6 Å². The molecule has 10 nitrogen and oxygen atoms in total. The highest BCUT2D eigenvalue weighted by Crippen LogP contribution is 2.59. The van der Waals surface area contributed by atoms with E-state index in [9.17, 15) is 28.7 Å². The highest BCUT2D eigenvalue weighted by molar-refractivity contribution is 7.71. The first kappa shape index (κ1) is 21.9. The average Bonchev–Trinajstić information content (AvgIpc) is 3.02. The standard InChI is InChI=1S/C16H19N3O7P2S/c1-9(2)26-11-5-3-10(4-6-11)13-7-12-14(17-8-18-15(12)29-13)19-16(27(20,21)22)28(23,24)25/h3-9,16H,1-2H3,(H,17,18,19)(H2,20,21,22)(H2,23,24,25). The van der Waals surface area contributed by atoms with E-state index in [1.807, 2.05) is 38.1 Å². The van der Waals surface area contributed by atoms with Crippen molar-refractivity contribution in [3.63, 3.8) is 0 Å². The Morgan fingerprint density at radius 3 is 2.21 bits per heavy atom. The summed E-state index contributed by atoms with van der Waals surface area (Å²) in [6.07, 6.45) is 1.20. The minimum Gasteiger partial charge on any atom is -0.491 e. The molecule has 13 heteroatoms. The van der Waals surface area contributed by atoms with E-state index >= 15 is 0 Å². The van der Waals surface area contributed by atoms with Crippen molar-refractivity contribution in [2.75, 3.05) is 5.32 Å². The molecule has 5 N–H and O–H groups in total. The lowest BCUT2D eigenvalue weighted by molar-refractivity contribution is 0.242. The molecule has 0 amide bonds. The molecule has 0 radical (unpaired) electrons. The van der Waals surface area contributed by atoms with Crippen LogP contribution in [0.4, 0.5) is 5.82 Å². The Morgan fingerprint density at radius 1 is 1.03 bits per heavy atom. The monoisotopic (exact) mass is 459 g/mol. The van der Waals surface area contributed by atoms with Crippen LogP contribution in [0.5, 0.6) is 5.75 Å². The van der Waals surface area contributed by atoms with Gasteiger partial charge in [-0.05, 0) is 49.7 Å². The summed E-state index contributed by atoms with van der Waals surface area (Å²) < 4.78 is 28.7. The lowest BCUT2D eigenvalue weighted by Gasteiger charge is -2.21. The van der Waals surface area contributed by atoms with E-state index in [4.69, 9.17) is 4.74 Å². The first-order valence-corrected chi connectivity index (χ1v) is 12.5. The number of fused-ring (bicyclic) bond motifs is 1. The van der Waals surface area contributed by atoms with Gasteiger partial charge in [0, 0.05) is 4.88 Å². The molecule has 0 aliphatic carbocycles. The van der Waals surface area contributed by atoms with Gasteiger partial charge in [0.2, 0.25) is 5.52 Å². The molecule has 3 rings (SSSR count). The van der Waals surface area contributed by atoms with Crippen LogP contribution in [0, 0.1) is 0 Å². The minimum absolute atomic E-state index is 0.0464. The summed E-state index contributed by atoms with van der Waals surface area (Å²) in [6.45, 7) is 3.85. The Hall–Kier alpha value is -1.84. The Morgan fingerprint density at radius 2 is 1.66 bits per heavy atom. The number of nitrogens with one attached hydrogen (secondary N) is 1. The Labute approximate surface area is 169 Å². The van der Waals surface area contributed by atoms with Gasteiger partial charge in [-0.2, -0.15) is 0 Å². The molecule has 0 aliphatic heterocycles. The Kier molecular flexibility index (Phi) is 6.12. The molecule has 0 aliphatic rings. The maximum absolute atomic E-state index is 11.5. The predicted octanol–water partition coefficient (Wildman–Crippen LogP) is 3.20. The van der Waals surface area contributed by atoms with Crippen LogP contribution in [0.25, 0.3) is 20.7 Å². The molecule has 2 heterocycles. The summed E-state index contributed by atoms with van der Waals surface area (Å²) in [6, 6.07) is 9.05. The molecular formula is C16H19N3O7P2S. The van der Waals surface area contributed by atoms with Gasteiger partial charge in [-0.1, -0.05) is 0 Å². The fourth-order valence-electron chi connectivity index (χ4n) is 2.57. The molecule has 29 heavy (non-hydrogen) atoms. The summed E-state index contributed by atoms with van der Waals surface area (Å²) in [4.78, 5) is 46.6. The number of nitrogens with zero attached hydrogens (tertiary/aromatic N) is 2. The lowest BCUT2D eigenvalue weighted by Crippen LogP contribution is -2.20. The van der Waals surface area contributed by atoms with Crippen molar-refractivity contribution in [1.29, 1.82) is 0 Å². The van der Waals surface area contributed by atoms with Crippen LogP contribution >= 0.6 is 26.5 Å². The van der Waals surface area contributed by atoms with Crippen LogP contribution in [0.2, 0.25) is 0 Å². The summed E-state index contributed by atoms with van der Waals surface area (Å²) in [7, 11) is -10.3. The summed E-state index contributed by atoms with van der Waals surface area (Å²) in [5.41, 5.74) is -1.54. The molecule has 0 unspecified atom stereocenters. The molecule has 0 fully saturated rings. The fraction of sp³-hybridized carbons (Fsp3) is 0.250. The quantitative estimate of drug-likeness (QED) is 0.332. The van der Waals surface area contributed by atoms with E-state index < -0.39 is 20.7 Å². The van der Waals surface area contributed by atoms with E-state index in [1.54, 1.807) is 6.07 Å². The normalized spacial score (nSPS) is 12.7. The number of hydrogen-bond donors (Lipinski definition) is 5. The highest BCUT2D eigenvalue weighted by Gasteiger charge is 2.44. The number of hydrogen-bond acceptors (Lipinski definition) is 7. The van der Waals surface area contributed by atoms with Gasteiger partial charge in [0.25, 0.3) is 0 Å². The van der Waals surface area contributed by atoms with Crippen molar-refractivity contribution in [1.82, 2.24) is 9.97 Å². The lowest BCUT2D eigenvalue weighted by atomic mass is 10.1. The van der Waals surface area contributed by atoms with Gasteiger partial charge in [-0.3, -0.25) is 9.13 Å². The molecule has 0 atom stereocenters. The van der Waals surface area contributed by atoms with Crippen LogP contribution in [0.3, 0.4) is 0 Å². The first-order valence-electron chi connectivity index (χ1n) is 8.34. The van der Waals surface area contributed by atoms with E-state index in [2.05, 4.69) is 15.3 Å². The zero-order chi connectivity index (χ0) is 21.4. The zero-order valence-corrected chi connectivity index (χ0v) is 17.9. The van der Waals surface area contributed by atoms with Crippen molar-refractivity contribution >= 4 is 42.6 Å². The molecule has 0 saturated carbocycles. The number of rotatable bonds is 7. The molecule has 2 aromatic heterocycles. The van der Waals surface area contributed by atoms with Crippen molar-refractivity contribution in [2.45, 2.75) is 25.5 Å². The second kappa shape index (κ2) is 8.12. The third kappa shape index (κ3) is 5.21. The summed E-state index contributed by atoms with van der Waals surface area (Å²) >= 11 is 1.31. The molecule has 0 saturated heterocycles. The van der Waals surface area contributed by atoms with Crippen molar-refractivity contribution in [3.8, 4) is 16.2 Å². The molecule has 1 aromatic carbocycles. The fourth-order valence-corrected chi connectivity index (χ4v) is 5.72. The van der Waals surface area contributed by atoms with E-state index in [1.165, 1.54) is 11.3 Å². The number of aromatic nitrogens is 2. The molecular weight excluding hydrogens is 440 g/mol. The van der Waals surface area contributed by atoms with Gasteiger partial charge in [0.15, 0.2) is 0 Å². The molecule has 0 spiro atoms. The van der Waals surface area contributed by atoms with Gasteiger partial charge in [0.05, 0.1) is 11.5 Å². The molecule has 3 aromatic rings. The number of benzene rings is 1. The zero-order valence-electron chi connectivity index (χ0n) is 15.3. The van der Waals surface area contributed by atoms with E-state index in [0.717, 1.165) is 22.5 Å². The third-order valence-corrected chi connectivity index (χ3v) is 8.17. The van der Waals surface area contributed by atoms with Crippen LogP contribution in [-0.2, 0) is 9.13 Å². The van der Waals surface area contributed by atoms with Crippen LogP contribution < -0.4 is 10.1 Å². The highest BCUT2D eigenvalue weighted by atomic mass is 32.1. The van der Waals surface area contributed by atoms with Crippen LogP contribution in [0.1, 0.15) is 13.8 Å². The van der Waals surface area contributed by atoms with Crippen molar-refractivity contribution in [3.05, 3.63) is 36.7 Å². The maximum Gasteiger partial charge on any atom is 0.360 e. The first-order chi connectivity index (χ1) is 13.4. The van der Waals surface area contributed by atoms with E-state index in [-0.39, 0.29) is 11.9 Å². The number of anilines is 1. The maximum atomic E-state index is 11.5. The van der Waals surface area contributed by atoms with Crippen molar-refractivity contribution < 1.29 is 33.4 Å². The van der Waals surface area contributed by atoms with E-state index in [0.29, 0.717) is 10.2 Å². The van der Waals surface area contributed by atoms with Gasteiger partial charge in [-0.15, -0.1) is 11.3 Å². The van der Waals surface area contributed by atoms with Gasteiger partial charge in [0.1, 0.15) is 22.7 Å². The van der Waals surface area contributed by atoms with Crippen molar-refractivity contribution in [2.24, 2.45) is 0 Å². The minimum atomic E-state index is -5.15. The Balaban J connectivity index is 1.97. The SMILES string of the molecule is CC(C)Oc1ccc(-c2cc3c(NC(P(=O)(O)O)P(=O)(O)O)ncnc3s2)cc1. The second-order valence-corrected chi connectivity index (χ2v) is 11.3. The van der Waals surface area contributed by atoms with Crippen LogP contribution in [0.15, 0.2) is 36.7 Å². The second-order valence-electron chi connectivity index (χ2n) is 6.44. The molecule has 156 valence electrons. The largest absolute Gasteiger partial charge is 0.491 e. The smallest absolute Gasteiger partial charge is 0.360 e. The van der Waals surface area contributed by atoms with Crippen LogP contribution in [-0.4, -0.2) is 41.2 Å². The third-order valence-electron chi connectivity index (χ3n) is 3.74. The van der Waals surface area contributed by atoms with Gasteiger partial charge in [-0.25, -0.2) is 9.97 Å². The summed E-state index contributed by atoms with van der Waals surface area (Å²) in [5, 5.41) is 2.60. The average molecular weight is 459 g/mol. The Bertz CT molecular complexity index is 1090. The predicted molar refractivity (Wildman–Crippen MR) is 110 cm³/mol. The number of ether oxygens (including phenoxy) is 1. The topological polar surface area (TPSA) is 162 Å². The van der Waals surface area contributed by atoms with Gasteiger partial charge >= 0.3 is 15.2 Å². The number of thiophene rings is 1. The summed E-state index contributed by atoms with van der Waals surface area (Å²) in [5.74, 6) is 0.645. The molecule has 0 bridgehead atoms.